The molecule has 19 heavy (non-hydrogen) atoms. The van der Waals surface area contributed by atoms with Crippen molar-refractivity contribution < 1.29 is 9.84 Å². The number of β-amino-alcohol motifs (C(OH)–C–C–N with tert-alkyl or cyclic N) is 1. The molecule has 1 aliphatic rings. The summed E-state index contributed by atoms with van der Waals surface area (Å²) in [4.78, 5) is 2.45. The van der Waals surface area contributed by atoms with E-state index < -0.39 is 6.10 Å². The predicted octanol–water partition coefficient (Wildman–Crippen LogP) is 2.99. The highest BCUT2D eigenvalue weighted by atomic mass is 16.5. The second-order valence-corrected chi connectivity index (χ2v) is 5.47. The van der Waals surface area contributed by atoms with Gasteiger partial charge in [0.05, 0.1) is 13.2 Å². The summed E-state index contributed by atoms with van der Waals surface area (Å²) in [6.07, 6.45) is 3.25. The summed E-state index contributed by atoms with van der Waals surface area (Å²) in [5.74, 6) is 0.830. The molecule has 3 nitrogen and oxygen atoms in total. The third-order valence-corrected chi connectivity index (χ3v) is 4.31. The zero-order valence-corrected chi connectivity index (χ0v) is 12.2. The number of hydrogen-bond donors (Lipinski definition) is 1. The van der Waals surface area contributed by atoms with Crippen LogP contribution in [0, 0.1) is 0 Å². The number of aliphatic hydroxyl groups excluding tert-OH is 1. The van der Waals surface area contributed by atoms with Gasteiger partial charge in [-0.15, -0.1) is 0 Å². The van der Waals surface area contributed by atoms with Crippen LogP contribution in [0.3, 0.4) is 0 Å². The van der Waals surface area contributed by atoms with E-state index in [1.165, 1.54) is 19.3 Å². The lowest BCUT2D eigenvalue weighted by atomic mass is 10.1. The van der Waals surface area contributed by atoms with Gasteiger partial charge in [-0.2, -0.15) is 0 Å². The lowest BCUT2D eigenvalue weighted by Gasteiger charge is -2.30. The van der Waals surface area contributed by atoms with E-state index in [0.29, 0.717) is 12.1 Å². The number of benzene rings is 1. The Bertz CT molecular complexity index is 390. The first-order valence-corrected chi connectivity index (χ1v) is 7.23. The van der Waals surface area contributed by atoms with Crippen molar-refractivity contribution in [2.45, 2.75) is 51.3 Å². The molecule has 3 heteroatoms. The first-order valence-electron chi connectivity index (χ1n) is 7.23. The Morgan fingerprint density at radius 3 is 2.58 bits per heavy atom. The molecule has 1 N–H and O–H groups in total. The number of hydrogen-bond acceptors (Lipinski definition) is 3. The average Bonchev–Trinajstić information content (AvgIpc) is 2.79. The van der Waals surface area contributed by atoms with Crippen LogP contribution in [-0.2, 0) is 0 Å². The van der Waals surface area contributed by atoms with Crippen molar-refractivity contribution in [1.82, 2.24) is 4.90 Å². The highest BCUT2D eigenvalue weighted by Crippen LogP contribution is 2.28. The fraction of sp³-hybridized carbons (Fsp3) is 0.625. The van der Waals surface area contributed by atoms with E-state index in [1.54, 1.807) is 7.11 Å². The average molecular weight is 263 g/mol. The summed E-state index contributed by atoms with van der Waals surface area (Å²) < 4.78 is 5.14. The van der Waals surface area contributed by atoms with E-state index >= 15 is 0 Å². The van der Waals surface area contributed by atoms with Gasteiger partial charge in [0.2, 0.25) is 0 Å². The van der Waals surface area contributed by atoms with Crippen molar-refractivity contribution in [1.29, 1.82) is 0 Å². The van der Waals surface area contributed by atoms with Gasteiger partial charge in [-0.3, -0.25) is 4.90 Å². The van der Waals surface area contributed by atoms with Gasteiger partial charge in [0.1, 0.15) is 5.75 Å². The van der Waals surface area contributed by atoms with Crippen molar-refractivity contribution in [2.24, 2.45) is 0 Å². The van der Waals surface area contributed by atoms with E-state index in [4.69, 9.17) is 4.74 Å². The van der Waals surface area contributed by atoms with Gasteiger partial charge >= 0.3 is 0 Å². The van der Waals surface area contributed by atoms with Crippen LogP contribution in [0.25, 0.3) is 0 Å². The third-order valence-electron chi connectivity index (χ3n) is 4.31. The number of aliphatic hydroxyl groups is 1. The fourth-order valence-electron chi connectivity index (χ4n) is 3.02. The monoisotopic (exact) mass is 263 g/mol. The van der Waals surface area contributed by atoms with Gasteiger partial charge in [-0.05, 0) is 43.9 Å². The van der Waals surface area contributed by atoms with Gasteiger partial charge in [0.15, 0.2) is 0 Å². The van der Waals surface area contributed by atoms with Crippen LogP contribution >= 0.6 is 0 Å². The minimum absolute atomic E-state index is 0.416. The second kappa shape index (κ2) is 6.40. The quantitative estimate of drug-likeness (QED) is 0.886. The molecule has 1 fully saturated rings. The van der Waals surface area contributed by atoms with E-state index in [0.717, 1.165) is 17.9 Å². The molecule has 1 heterocycles. The van der Waals surface area contributed by atoms with Crippen LogP contribution in [0.4, 0.5) is 0 Å². The highest BCUT2D eigenvalue weighted by Gasteiger charge is 2.30. The molecule has 106 valence electrons. The minimum Gasteiger partial charge on any atom is -0.497 e. The van der Waals surface area contributed by atoms with Crippen LogP contribution in [0.2, 0.25) is 0 Å². The highest BCUT2D eigenvalue weighted by molar-refractivity contribution is 5.28. The molecule has 1 aromatic carbocycles. The van der Waals surface area contributed by atoms with Gasteiger partial charge in [-0.25, -0.2) is 0 Å². The number of likely N-dealkylation sites (tertiary alicyclic amines) is 1. The van der Waals surface area contributed by atoms with Crippen molar-refractivity contribution in [3.63, 3.8) is 0 Å². The molecule has 0 radical (unpaired) electrons. The van der Waals surface area contributed by atoms with Crippen molar-refractivity contribution >= 4 is 0 Å². The van der Waals surface area contributed by atoms with Crippen LogP contribution < -0.4 is 4.74 Å². The molecular weight excluding hydrogens is 238 g/mol. The van der Waals surface area contributed by atoms with Crippen LogP contribution in [0.1, 0.15) is 44.8 Å². The molecule has 0 aromatic heterocycles. The minimum atomic E-state index is -0.416. The lowest BCUT2D eigenvalue weighted by Crippen LogP contribution is -2.37. The van der Waals surface area contributed by atoms with Crippen molar-refractivity contribution in [2.75, 3.05) is 13.7 Å². The maximum Gasteiger partial charge on any atom is 0.118 e. The molecule has 1 aromatic rings. The Kier molecular flexibility index (Phi) is 4.83. The first-order chi connectivity index (χ1) is 9.15. The molecular formula is C16H25NO2. The summed E-state index contributed by atoms with van der Waals surface area (Å²) in [6, 6.07) is 8.92. The summed E-state index contributed by atoms with van der Waals surface area (Å²) >= 11 is 0. The normalized spacial score (nSPS) is 25.5. The SMILES string of the molecule is CCC1CCC(C)N1CC(O)c1ccc(OC)cc1. The van der Waals surface area contributed by atoms with Crippen LogP contribution in [-0.4, -0.2) is 35.7 Å². The maximum atomic E-state index is 10.4. The molecule has 2 rings (SSSR count). The molecule has 1 aliphatic heterocycles. The van der Waals surface area contributed by atoms with E-state index in [9.17, 15) is 5.11 Å². The number of nitrogens with zero attached hydrogens (tertiary/aromatic N) is 1. The van der Waals surface area contributed by atoms with E-state index in [-0.39, 0.29) is 0 Å². The zero-order valence-electron chi connectivity index (χ0n) is 12.2. The summed E-state index contributed by atoms with van der Waals surface area (Å²) in [5, 5.41) is 10.4. The summed E-state index contributed by atoms with van der Waals surface area (Å²) in [5.41, 5.74) is 0.967. The van der Waals surface area contributed by atoms with Crippen molar-refractivity contribution in [3.8, 4) is 5.75 Å². The Balaban J connectivity index is 2.01. The zero-order chi connectivity index (χ0) is 13.8. The van der Waals surface area contributed by atoms with Crippen LogP contribution in [0.15, 0.2) is 24.3 Å². The third kappa shape index (κ3) is 3.28. The predicted molar refractivity (Wildman–Crippen MR) is 77.4 cm³/mol. The molecule has 1 saturated heterocycles. The number of rotatable bonds is 5. The summed E-state index contributed by atoms with van der Waals surface area (Å²) in [7, 11) is 1.66. The van der Waals surface area contributed by atoms with Gasteiger partial charge in [0, 0.05) is 18.6 Å². The first kappa shape index (κ1) is 14.4. The Hall–Kier alpha value is -1.06. The molecule has 3 unspecified atom stereocenters. The molecule has 0 aliphatic carbocycles. The maximum absolute atomic E-state index is 10.4. The molecule has 0 spiro atoms. The molecule has 0 amide bonds. The largest absolute Gasteiger partial charge is 0.497 e. The second-order valence-electron chi connectivity index (χ2n) is 5.47. The number of ether oxygens (including phenoxy) is 1. The topological polar surface area (TPSA) is 32.7 Å². The molecule has 0 bridgehead atoms. The van der Waals surface area contributed by atoms with Crippen molar-refractivity contribution in [3.05, 3.63) is 29.8 Å². The standard InChI is InChI=1S/C16H25NO2/c1-4-14-8-5-12(2)17(14)11-16(18)13-6-9-15(19-3)10-7-13/h6-7,9-10,12,14,16,18H,4-5,8,11H2,1-3H3. The Morgan fingerprint density at radius 1 is 1.32 bits per heavy atom. The summed E-state index contributed by atoms with van der Waals surface area (Å²) in [6.45, 7) is 5.22. The Labute approximate surface area is 116 Å². The smallest absolute Gasteiger partial charge is 0.118 e. The van der Waals surface area contributed by atoms with E-state index in [2.05, 4.69) is 18.7 Å². The molecule has 3 atom stereocenters. The van der Waals surface area contributed by atoms with Gasteiger partial charge < -0.3 is 9.84 Å². The van der Waals surface area contributed by atoms with Gasteiger partial charge in [0.25, 0.3) is 0 Å². The van der Waals surface area contributed by atoms with Gasteiger partial charge in [-0.1, -0.05) is 19.1 Å². The molecule has 0 saturated carbocycles. The van der Waals surface area contributed by atoms with E-state index in [1.807, 2.05) is 24.3 Å². The lowest BCUT2D eigenvalue weighted by molar-refractivity contribution is 0.0859. The van der Waals surface area contributed by atoms with Crippen LogP contribution in [0.5, 0.6) is 5.75 Å². The number of methoxy groups -OCH3 is 1. The fourth-order valence-corrected chi connectivity index (χ4v) is 3.02. The Morgan fingerprint density at radius 2 is 2.00 bits per heavy atom.